The lowest BCUT2D eigenvalue weighted by Crippen LogP contribution is -2.54. The van der Waals surface area contributed by atoms with E-state index < -0.39 is 41.4 Å². The monoisotopic (exact) mass is 447 g/mol. The van der Waals surface area contributed by atoms with E-state index in [9.17, 15) is 14.4 Å². The minimum Gasteiger partial charge on any atom is -0.371 e. The lowest BCUT2D eigenvalue weighted by molar-refractivity contribution is -0.153. The smallest absolute Gasteiger partial charge is 0.328 e. The number of aryl methyl sites for hydroxylation is 2. The van der Waals surface area contributed by atoms with Gasteiger partial charge in [-0.3, -0.25) is 23.8 Å². The molecule has 32 heavy (non-hydrogen) atoms. The van der Waals surface area contributed by atoms with Gasteiger partial charge in [-0.15, -0.1) is 0 Å². The minimum atomic E-state index is -0.884. The maximum absolute atomic E-state index is 12.9. The third-order valence-corrected chi connectivity index (χ3v) is 5.97. The van der Waals surface area contributed by atoms with E-state index >= 15 is 0 Å². The van der Waals surface area contributed by atoms with Gasteiger partial charge in [0.15, 0.2) is 5.79 Å². The van der Waals surface area contributed by atoms with Crippen molar-refractivity contribution < 1.29 is 19.0 Å². The highest BCUT2D eigenvalue weighted by atomic mass is 16.8. The van der Waals surface area contributed by atoms with E-state index in [-0.39, 0.29) is 19.1 Å². The molecule has 0 aromatic carbocycles. The molecular weight excluding hydrogens is 418 g/mol. The van der Waals surface area contributed by atoms with Crippen LogP contribution in [-0.2, 0) is 20.8 Å². The standard InChI is InChI=1S/C21H29N5O6/c1-6-26-12(3)16(11(2)24-26)19(28)22-9-14-18-17(31-21(4,5)32-18)13(10-30-14)25-8-7-15(27)23-20(25)29/h7-8,13-14,17-18H,6,9-10H2,1-5H3,(H,22,28)(H,23,27,29)/t13-,14-,17+,18-/m1/s1. The molecule has 11 nitrogen and oxygen atoms in total. The summed E-state index contributed by atoms with van der Waals surface area (Å²) in [5.41, 5.74) is 1.03. The molecular formula is C21H29N5O6. The van der Waals surface area contributed by atoms with Gasteiger partial charge in [0.2, 0.25) is 0 Å². The van der Waals surface area contributed by atoms with Gasteiger partial charge in [-0.2, -0.15) is 5.10 Å². The highest BCUT2D eigenvalue weighted by Gasteiger charge is 2.52. The number of fused-ring (bicyclic) bond motifs is 1. The van der Waals surface area contributed by atoms with Gasteiger partial charge in [-0.25, -0.2) is 4.79 Å². The van der Waals surface area contributed by atoms with Crippen LogP contribution in [0.2, 0.25) is 0 Å². The Balaban J connectivity index is 1.52. The van der Waals surface area contributed by atoms with Crippen LogP contribution >= 0.6 is 0 Å². The average molecular weight is 447 g/mol. The van der Waals surface area contributed by atoms with E-state index in [0.29, 0.717) is 17.8 Å². The number of nitrogens with one attached hydrogen (secondary N) is 2. The van der Waals surface area contributed by atoms with Crippen LogP contribution in [0.3, 0.4) is 0 Å². The molecule has 2 fully saturated rings. The summed E-state index contributed by atoms with van der Waals surface area (Å²) in [5.74, 6) is -1.11. The molecule has 2 aliphatic heterocycles. The number of hydrogen-bond donors (Lipinski definition) is 2. The molecule has 4 atom stereocenters. The summed E-state index contributed by atoms with van der Waals surface area (Å²) in [6.07, 6.45) is -0.0405. The number of H-pyrrole nitrogens is 1. The molecule has 0 bridgehead atoms. The van der Waals surface area contributed by atoms with E-state index in [4.69, 9.17) is 14.2 Å². The Kier molecular flexibility index (Phi) is 5.82. The molecule has 0 spiro atoms. The van der Waals surface area contributed by atoms with Crippen LogP contribution in [0.15, 0.2) is 21.9 Å². The number of rotatable bonds is 5. The second kappa shape index (κ2) is 8.30. The predicted octanol–water partition coefficient (Wildman–Crippen LogP) is 0.260. The van der Waals surface area contributed by atoms with Crippen LogP contribution in [0.1, 0.15) is 48.6 Å². The zero-order valence-corrected chi connectivity index (χ0v) is 18.9. The molecule has 2 saturated heterocycles. The van der Waals surface area contributed by atoms with Gasteiger partial charge in [0.1, 0.15) is 18.3 Å². The summed E-state index contributed by atoms with van der Waals surface area (Å²) < 4.78 is 21.4. The van der Waals surface area contributed by atoms with Crippen molar-refractivity contribution in [1.29, 1.82) is 0 Å². The molecule has 174 valence electrons. The topological polar surface area (TPSA) is 129 Å². The van der Waals surface area contributed by atoms with E-state index in [1.165, 1.54) is 16.8 Å². The first-order valence-electron chi connectivity index (χ1n) is 10.7. The average Bonchev–Trinajstić information content (AvgIpc) is 3.20. The lowest BCUT2D eigenvalue weighted by atomic mass is 9.97. The maximum Gasteiger partial charge on any atom is 0.328 e. The quantitative estimate of drug-likeness (QED) is 0.673. The Bertz CT molecular complexity index is 1130. The van der Waals surface area contributed by atoms with Crippen molar-refractivity contribution in [1.82, 2.24) is 24.6 Å². The van der Waals surface area contributed by atoms with E-state index in [1.807, 2.05) is 20.8 Å². The van der Waals surface area contributed by atoms with E-state index in [1.54, 1.807) is 18.5 Å². The fourth-order valence-corrected chi connectivity index (χ4v) is 4.53. The van der Waals surface area contributed by atoms with Crippen LogP contribution in [0.4, 0.5) is 0 Å². The van der Waals surface area contributed by atoms with Crippen molar-refractivity contribution in [2.75, 3.05) is 13.2 Å². The second-order valence-electron chi connectivity index (χ2n) is 8.59. The summed E-state index contributed by atoms with van der Waals surface area (Å²) in [6, 6.07) is 0.801. The first-order valence-corrected chi connectivity index (χ1v) is 10.7. The Labute approximate surface area is 184 Å². The summed E-state index contributed by atoms with van der Waals surface area (Å²) in [5, 5.41) is 7.33. The second-order valence-corrected chi connectivity index (χ2v) is 8.59. The minimum absolute atomic E-state index is 0.166. The van der Waals surface area contributed by atoms with Crippen molar-refractivity contribution in [3.05, 3.63) is 50.1 Å². The number of aromatic amines is 1. The SMILES string of the molecule is CCn1nc(C)c(C(=O)NC[C@H]2OC[C@@H](n3ccc(=O)[nH]c3=O)[C@@H]3OC(C)(C)O[C@@H]32)c1C. The first kappa shape index (κ1) is 22.4. The number of nitrogens with zero attached hydrogens (tertiary/aromatic N) is 3. The van der Waals surface area contributed by atoms with Gasteiger partial charge >= 0.3 is 5.69 Å². The number of carbonyl (C=O) groups excluding carboxylic acids is 1. The van der Waals surface area contributed by atoms with Gasteiger partial charge in [-0.1, -0.05) is 0 Å². The molecule has 2 aromatic rings. The van der Waals surface area contributed by atoms with Gasteiger partial charge < -0.3 is 19.5 Å². The zero-order chi connectivity index (χ0) is 23.2. The third-order valence-electron chi connectivity index (χ3n) is 5.97. The molecule has 1 amide bonds. The van der Waals surface area contributed by atoms with Gasteiger partial charge in [0.05, 0.1) is 23.9 Å². The van der Waals surface area contributed by atoms with Crippen molar-refractivity contribution in [3.63, 3.8) is 0 Å². The number of aromatic nitrogens is 4. The van der Waals surface area contributed by atoms with Crippen LogP contribution in [-0.4, -0.2) is 62.5 Å². The highest BCUT2D eigenvalue weighted by molar-refractivity contribution is 5.96. The third kappa shape index (κ3) is 4.03. The van der Waals surface area contributed by atoms with Crippen LogP contribution in [0.25, 0.3) is 0 Å². The van der Waals surface area contributed by atoms with Crippen molar-refractivity contribution in [2.24, 2.45) is 0 Å². The summed E-state index contributed by atoms with van der Waals surface area (Å²) in [7, 11) is 0. The van der Waals surface area contributed by atoms with Crippen LogP contribution < -0.4 is 16.6 Å². The number of carbonyl (C=O) groups is 1. The normalized spacial score (nSPS) is 26.7. The van der Waals surface area contributed by atoms with Crippen molar-refractivity contribution >= 4 is 5.91 Å². The molecule has 0 radical (unpaired) electrons. The molecule has 2 N–H and O–H groups in total. The fourth-order valence-electron chi connectivity index (χ4n) is 4.53. The molecule has 2 aromatic heterocycles. The lowest BCUT2D eigenvalue weighted by Gasteiger charge is -2.37. The molecule has 2 aliphatic rings. The number of amides is 1. The highest BCUT2D eigenvalue weighted by Crippen LogP contribution is 2.39. The molecule has 0 aliphatic carbocycles. The maximum atomic E-state index is 12.9. The molecule has 0 saturated carbocycles. The Hall–Kier alpha value is -2.76. The van der Waals surface area contributed by atoms with Gasteiger partial charge in [-0.05, 0) is 34.6 Å². The first-order chi connectivity index (χ1) is 15.1. The molecule has 0 unspecified atom stereocenters. The Morgan fingerprint density at radius 3 is 2.66 bits per heavy atom. The van der Waals surface area contributed by atoms with Crippen molar-refractivity contribution in [3.8, 4) is 0 Å². The van der Waals surface area contributed by atoms with Crippen LogP contribution in [0.5, 0.6) is 0 Å². The number of ether oxygens (including phenoxy) is 3. The molecule has 4 rings (SSSR count). The summed E-state index contributed by atoms with van der Waals surface area (Å²) in [4.78, 5) is 38.9. The van der Waals surface area contributed by atoms with Gasteiger partial charge in [0, 0.05) is 31.0 Å². The van der Waals surface area contributed by atoms with E-state index in [2.05, 4.69) is 15.4 Å². The van der Waals surface area contributed by atoms with E-state index in [0.717, 1.165) is 5.69 Å². The zero-order valence-electron chi connectivity index (χ0n) is 18.9. The predicted molar refractivity (Wildman–Crippen MR) is 114 cm³/mol. The summed E-state index contributed by atoms with van der Waals surface area (Å²) in [6.45, 7) is 10.3. The number of hydrogen-bond acceptors (Lipinski definition) is 7. The Morgan fingerprint density at radius 1 is 1.28 bits per heavy atom. The van der Waals surface area contributed by atoms with Gasteiger partial charge in [0.25, 0.3) is 11.5 Å². The fraction of sp³-hybridized carbons (Fsp3) is 0.619. The summed E-state index contributed by atoms with van der Waals surface area (Å²) >= 11 is 0. The Morgan fingerprint density at radius 2 is 2.00 bits per heavy atom. The van der Waals surface area contributed by atoms with Crippen molar-refractivity contribution in [2.45, 2.75) is 71.3 Å². The largest absolute Gasteiger partial charge is 0.371 e. The molecule has 4 heterocycles. The van der Waals surface area contributed by atoms with Crippen LogP contribution in [0, 0.1) is 13.8 Å². The molecule has 11 heteroatoms.